The Kier molecular flexibility index (Phi) is 8.28. The molecule has 1 fully saturated rings. The predicted octanol–water partition coefficient (Wildman–Crippen LogP) is 2.56. The molecule has 0 radical (unpaired) electrons. The van der Waals surface area contributed by atoms with Gasteiger partial charge in [0.2, 0.25) is 15.9 Å². The second kappa shape index (κ2) is 11.2. The Balaban J connectivity index is 1.70. The molecule has 36 heavy (non-hydrogen) atoms. The Labute approximate surface area is 210 Å². The minimum absolute atomic E-state index is 0.218. The molecule has 0 atom stereocenters. The standard InChI is InChI=1S/C25H27N5O5S/c1-16(2)35-25(32)22-17(3)28-14-21(13-27)23(22)30-10-8-20(9-11-30)24(31)29-36(33,34)15-19-6-4-18(12-26)5-7-19/h4-7,14,16,20H,8-11,15H2,1-3H3,(H,29,31). The summed E-state index contributed by atoms with van der Waals surface area (Å²) in [6.45, 7) is 5.81. The van der Waals surface area contributed by atoms with Crippen LogP contribution in [0.1, 0.15) is 59.4 Å². The first-order chi connectivity index (χ1) is 17.0. The molecule has 2 heterocycles. The summed E-state index contributed by atoms with van der Waals surface area (Å²) in [5.74, 6) is -2.09. The second-order valence-corrected chi connectivity index (χ2v) is 10.6. The van der Waals surface area contributed by atoms with E-state index in [4.69, 9.17) is 10.00 Å². The summed E-state index contributed by atoms with van der Waals surface area (Å²) in [5.41, 5.74) is 2.17. The molecule has 0 unspecified atom stereocenters. The van der Waals surface area contributed by atoms with Crippen LogP contribution in [0.4, 0.5) is 5.69 Å². The van der Waals surface area contributed by atoms with Crippen LogP contribution in [0, 0.1) is 35.5 Å². The molecule has 1 aromatic carbocycles. The van der Waals surface area contributed by atoms with Crippen molar-refractivity contribution in [2.45, 2.75) is 45.5 Å². The van der Waals surface area contributed by atoms with Gasteiger partial charge in [-0.15, -0.1) is 0 Å². The molecule has 1 saturated heterocycles. The number of hydrogen-bond donors (Lipinski definition) is 1. The highest BCUT2D eigenvalue weighted by atomic mass is 32.2. The minimum atomic E-state index is -3.92. The Morgan fingerprint density at radius 3 is 2.36 bits per heavy atom. The number of amides is 1. The molecule has 1 N–H and O–H groups in total. The Morgan fingerprint density at radius 1 is 1.17 bits per heavy atom. The first-order valence-corrected chi connectivity index (χ1v) is 13.1. The van der Waals surface area contributed by atoms with Gasteiger partial charge in [-0.2, -0.15) is 10.5 Å². The van der Waals surface area contributed by atoms with Crippen LogP contribution >= 0.6 is 0 Å². The summed E-state index contributed by atoms with van der Waals surface area (Å²) in [6, 6.07) is 10.1. The number of anilines is 1. The first kappa shape index (κ1) is 26.6. The number of aryl methyl sites for hydroxylation is 1. The van der Waals surface area contributed by atoms with E-state index in [0.717, 1.165) is 0 Å². The van der Waals surface area contributed by atoms with Crippen LogP contribution in [0.5, 0.6) is 0 Å². The van der Waals surface area contributed by atoms with Crippen molar-refractivity contribution in [3.63, 3.8) is 0 Å². The Bertz CT molecular complexity index is 1330. The van der Waals surface area contributed by atoms with Crippen molar-refractivity contribution in [3.05, 3.63) is 58.4 Å². The van der Waals surface area contributed by atoms with Crippen molar-refractivity contribution >= 4 is 27.6 Å². The molecule has 0 aliphatic carbocycles. The van der Waals surface area contributed by atoms with Gasteiger partial charge in [-0.3, -0.25) is 14.5 Å². The van der Waals surface area contributed by atoms with Crippen LogP contribution in [-0.4, -0.2) is 44.5 Å². The average molecular weight is 510 g/mol. The third-order valence-electron chi connectivity index (χ3n) is 5.79. The van der Waals surface area contributed by atoms with Crippen molar-refractivity contribution < 1.29 is 22.7 Å². The second-order valence-electron chi connectivity index (χ2n) is 8.84. The number of rotatable bonds is 7. The van der Waals surface area contributed by atoms with Gasteiger partial charge in [0.15, 0.2) is 0 Å². The molecule has 188 valence electrons. The van der Waals surface area contributed by atoms with Crippen LogP contribution in [0.2, 0.25) is 0 Å². The van der Waals surface area contributed by atoms with Crippen LogP contribution in [-0.2, 0) is 25.3 Å². The lowest BCUT2D eigenvalue weighted by Gasteiger charge is -2.34. The maximum absolute atomic E-state index is 12.8. The minimum Gasteiger partial charge on any atom is -0.459 e. The third-order valence-corrected chi connectivity index (χ3v) is 7.01. The fourth-order valence-corrected chi connectivity index (χ4v) is 5.23. The number of nitrogens with zero attached hydrogens (tertiary/aromatic N) is 4. The van der Waals surface area contributed by atoms with E-state index >= 15 is 0 Å². The average Bonchev–Trinajstić information content (AvgIpc) is 2.83. The molecular formula is C25H27N5O5S. The van der Waals surface area contributed by atoms with E-state index in [1.54, 1.807) is 20.8 Å². The molecule has 10 nitrogen and oxygen atoms in total. The summed E-state index contributed by atoms with van der Waals surface area (Å²) in [4.78, 5) is 31.5. The van der Waals surface area contributed by atoms with Gasteiger partial charge < -0.3 is 9.64 Å². The smallest absolute Gasteiger partial charge is 0.342 e. The molecule has 0 bridgehead atoms. The molecule has 1 aliphatic heterocycles. The largest absolute Gasteiger partial charge is 0.459 e. The summed E-state index contributed by atoms with van der Waals surface area (Å²) < 4.78 is 32.6. The lowest BCUT2D eigenvalue weighted by Crippen LogP contribution is -2.43. The highest BCUT2D eigenvalue weighted by molar-refractivity contribution is 7.89. The molecule has 1 aliphatic rings. The van der Waals surface area contributed by atoms with Gasteiger partial charge in [0.25, 0.3) is 0 Å². The number of nitriles is 2. The SMILES string of the molecule is Cc1ncc(C#N)c(N2CCC(C(=O)NS(=O)(=O)Cc3ccc(C#N)cc3)CC2)c1C(=O)OC(C)C. The highest BCUT2D eigenvalue weighted by Gasteiger charge is 2.32. The van der Waals surface area contributed by atoms with Gasteiger partial charge >= 0.3 is 5.97 Å². The number of piperidine rings is 1. The number of pyridine rings is 1. The molecule has 0 saturated carbocycles. The summed E-state index contributed by atoms with van der Waals surface area (Å²) in [7, 11) is -3.92. The number of sulfonamides is 1. The lowest BCUT2D eigenvalue weighted by molar-refractivity contribution is -0.123. The summed E-state index contributed by atoms with van der Waals surface area (Å²) >= 11 is 0. The molecule has 3 rings (SSSR count). The number of aromatic nitrogens is 1. The summed E-state index contributed by atoms with van der Waals surface area (Å²) in [5, 5.41) is 18.5. The van der Waals surface area contributed by atoms with Gasteiger partial charge in [0.1, 0.15) is 11.6 Å². The monoisotopic (exact) mass is 509 g/mol. The number of hydrogen-bond acceptors (Lipinski definition) is 9. The lowest BCUT2D eigenvalue weighted by atomic mass is 9.94. The van der Waals surface area contributed by atoms with Crippen LogP contribution in [0.15, 0.2) is 30.5 Å². The number of carbonyl (C=O) groups excluding carboxylic acids is 2. The zero-order valence-corrected chi connectivity index (χ0v) is 21.1. The van der Waals surface area contributed by atoms with Gasteiger partial charge in [-0.25, -0.2) is 13.2 Å². The quantitative estimate of drug-likeness (QED) is 0.555. The predicted molar refractivity (Wildman–Crippen MR) is 131 cm³/mol. The van der Waals surface area contributed by atoms with Crippen molar-refractivity contribution in [1.29, 1.82) is 10.5 Å². The fourth-order valence-electron chi connectivity index (χ4n) is 4.05. The highest BCUT2D eigenvalue weighted by Crippen LogP contribution is 2.32. The van der Waals surface area contributed by atoms with E-state index in [-0.39, 0.29) is 23.0 Å². The fraction of sp³-hybridized carbons (Fsp3) is 0.400. The molecule has 1 amide bonds. The first-order valence-electron chi connectivity index (χ1n) is 11.4. The Hall–Kier alpha value is -3.96. The number of nitrogens with one attached hydrogen (secondary N) is 1. The zero-order chi connectivity index (χ0) is 26.5. The Morgan fingerprint density at radius 2 is 1.81 bits per heavy atom. The van der Waals surface area contributed by atoms with E-state index < -0.39 is 27.8 Å². The van der Waals surface area contributed by atoms with Crippen molar-refractivity contribution in [3.8, 4) is 12.1 Å². The number of esters is 1. The molecule has 1 aromatic heterocycles. The summed E-state index contributed by atoms with van der Waals surface area (Å²) in [6.07, 6.45) is 1.73. The van der Waals surface area contributed by atoms with Crippen molar-refractivity contribution in [2.24, 2.45) is 5.92 Å². The maximum atomic E-state index is 12.8. The maximum Gasteiger partial charge on any atom is 0.342 e. The topological polar surface area (TPSA) is 153 Å². The number of ether oxygens (including phenoxy) is 1. The van der Waals surface area contributed by atoms with Gasteiger partial charge in [0.05, 0.1) is 40.4 Å². The van der Waals surface area contributed by atoms with E-state index in [0.29, 0.717) is 48.4 Å². The molecule has 2 aromatic rings. The van der Waals surface area contributed by atoms with E-state index in [2.05, 4.69) is 15.8 Å². The zero-order valence-electron chi connectivity index (χ0n) is 20.3. The molecular weight excluding hydrogens is 482 g/mol. The van der Waals surface area contributed by atoms with Crippen molar-refractivity contribution in [1.82, 2.24) is 9.71 Å². The normalized spacial score (nSPS) is 14.1. The number of carbonyl (C=O) groups is 2. The van der Waals surface area contributed by atoms with Gasteiger partial charge in [0, 0.05) is 25.2 Å². The molecule has 0 spiro atoms. The van der Waals surface area contributed by atoms with Crippen LogP contribution in [0.25, 0.3) is 0 Å². The van der Waals surface area contributed by atoms with Gasteiger partial charge in [-0.1, -0.05) is 12.1 Å². The van der Waals surface area contributed by atoms with E-state index in [9.17, 15) is 23.3 Å². The van der Waals surface area contributed by atoms with Gasteiger partial charge in [-0.05, 0) is 51.3 Å². The number of benzene rings is 1. The van der Waals surface area contributed by atoms with E-state index in [1.807, 2.05) is 11.0 Å². The van der Waals surface area contributed by atoms with E-state index in [1.165, 1.54) is 30.5 Å². The molecule has 11 heteroatoms. The van der Waals surface area contributed by atoms with Crippen LogP contribution in [0.3, 0.4) is 0 Å². The third kappa shape index (κ3) is 6.37. The van der Waals surface area contributed by atoms with Crippen LogP contribution < -0.4 is 9.62 Å². The van der Waals surface area contributed by atoms with Crippen molar-refractivity contribution in [2.75, 3.05) is 18.0 Å².